The molecule has 1 aliphatic heterocycles. The van der Waals surface area contributed by atoms with Crippen molar-refractivity contribution in [3.05, 3.63) is 18.6 Å². The van der Waals surface area contributed by atoms with Gasteiger partial charge in [-0.05, 0) is 0 Å². The van der Waals surface area contributed by atoms with E-state index in [-0.39, 0.29) is 6.29 Å². The van der Waals surface area contributed by atoms with Crippen LogP contribution in [0.5, 0.6) is 0 Å². The van der Waals surface area contributed by atoms with Gasteiger partial charge in [0.15, 0.2) is 6.29 Å². The lowest BCUT2D eigenvalue weighted by atomic mass is 10.5. The topological polar surface area (TPSA) is 56.3 Å². The van der Waals surface area contributed by atoms with Crippen LogP contribution in [0.1, 0.15) is 0 Å². The molecule has 2 rings (SSSR count). The van der Waals surface area contributed by atoms with Crippen LogP contribution in [0.25, 0.3) is 0 Å². The first kappa shape index (κ1) is 8.40. The van der Waals surface area contributed by atoms with E-state index < -0.39 is 0 Å². The molecule has 0 spiro atoms. The summed E-state index contributed by atoms with van der Waals surface area (Å²) in [7, 11) is 0. The van der Waals surface area contributed by atoms with Gasteiger partial charge in [0.1, 0.15) is 5.82 Å². The highest BCUT2D eigenvalue weighted by molar-refractivity contribution is 5.29. The maximum atomic E-state index is 5.24. The second kappa shape index (κ2) is 4.15. The highest BCUT2D eigenvalue weighted by Crippen LogP contribution is 2.04. The molecule has 13 heavy (non-hydrogen) atoms. The summed E-state index contributed by atoms with van der Waals surface area (Å²) in [4.78, 5) is 7.98. The Bertz CT molecular complexity index is 249. The van der Waals surface area contributed by atoms with Crippen LogP contribution in [-0.2, 0) is 9.47 Å². The molecule has 0 radical (unpaired) electrons. The van der Waals surface area contributed by atoms with Crippen molar-refractivity contribution >= 4 is 5.82 Å². The molecule has 1 aromatic heterocycles. The summed E-state index contributed by atoms with van der Waals surface area (Å²) in [5.41, 5.74) is 0. The van der Waals surface area contributed by atoms with Gasteiger partial charge in [0.25, 0.3) is 0 Å². The Hall–Kier alpha value is -1.20. The minimum absolute atomic E-state index is 0.151. The quantitative estimate of drug-likeness (QED) is 0.725. The molecule has 0 unspecified atom stereocenters. The second-order valence-corrected chi connectivity index (χ2v) is 2.64. The van der Waals surface area contributed by atoms with Crippen LogP contribution >= 0.6 is 0 Å². The SMILES string of the molecule is c1cnc(NCC2OCCO2)cn1. The molecular formula is C8H11N3O2. The zero-order valence-electron chi connectivity index (χ0n) is 7.14. The number of anilines is 1. The van der Waals surface area contributed by atoms with Crippen molar-refractivity contribution in [1.82, 2.24) is 9.97 Å². The molecule has 0 saturated carbocycles. The van der Waals surface area contributed by atoms with Crippen LogP contribution in [0.2, 0.25) is 0 Å². The fraction of sp³-hybridized carbons (Fsp3) is 0.500. The van der Waals surface area contributed by atoms with E-state index in [1.165, 1.54) is 0 Å². The first-order chi connectivity index (χ1) is 6.45. The van der Waals surface area contributed by atoms with Gasteiger partial charge in [0, 0.05) is 12.4 Å². The predicted octanol–water partition coefficient (Wildman–Crippen LogP) is 0.261. The van der Waals surface area contributed by atoms with Crippen molar-refractivity contribution in [2.75, 3.05) is 25.1 Å². The monoisotopic (exact) mass is 181 g/mol. The number of ether oxygens (including phenoxy) is 2. The summed E-state index contributed by atoms with van der Waals surface area (Å²) in [6.45, 7) is 1.96. The Labute approximate surface area is 76.1 Å². The van der Waals surface area contributed by atoms with Gasteiger partial charge in [-0.1, -0.05) is 0 Å². The molecule has 0 bridgehead atoms. The maximum absolute atomic E-state index is 5.24. The fourth-order valence-corrected chi connectivity index (χ4v) is 1.10. The Morgan fingerprint density at radius 1 is 1.38 bits per heavy atom. The highest BCUT2D eigenvalue weighted by Gasteiger charge is 2.14. The predicted molar refractivity (Wildman–Crippen MR) is 46.2 cm³/mol. The molecule has 1 saturated heterocycles. The lowest BCUT2D eigenvalue weighted by molar-refractivity contribution is -0.0299. The summed E-state index contributed by atoms with van der Waals surface area (Å²) in [6.07, 6.45) is 4.78. The number of rotatable bonds is 3. The van der Waals surface area contributed by atoms with Crippen molar-refractivity contribution in [2.45, 2.75) is 6.29 Å². The third-order valence-corrected chi connectivity index (χ3v) is 1.70. The van der Waals surface area contributed by atoms with E-state index in [1.54, 1.807) is 18.6 Å². The fourth-order valence-electron chi connectivity index (χ4n) is 1.10. The lowest BCUT2D eigenvalue weighted by Crippen LogP contribution is -2.20. The van der Waals surface area contributed by atoms with Crippen LogP contribution in [0.15, 0.2) is 18.6 Å². The van der Waals surface area contributed by atoms with E-state index in [2.05, 4.69) is 15.3 Å². The molecule has 0 aliphatic carbocycles. The molecule has 5 nitrogen and oxygen atoms in total. The molecule has 1 aliphatic rings. The van der Waals surface area contributed by atoms with Gasteiger partial charge in [0.2, 0.25) is 0 Å². The van der Waals surface area contributed by atoms with E-state index in [4.69, 9.17) is 9.47 Å². The number of nitrogens with one attached hydrogen (secondary N) is 1. The first-order valence-electron chi connectivity index (χ1n) is 4.18. The molecule has 0 amide bonds. The Balaban J connectivity index is 1.79. The first-order valence-corrected chi connectivity index (χ1v) is 4.18. The Kier molecular flexibility index (Phi) is 2.68. The number of aromatic nitrogens is 2. The van der Waals surface area contributed by atoms with Crippen LogP contribution < -0.4 is 5.32 Å². The molecular weight excluding hydrogens is 170 g/mol. The van der Waals surface area contributed by atoms with Gasteiger partial charge in [-0.25, -0.2) is 4.98 Å². The summed E-state index contributed by atoms with van der Waals surface area (Å²) in [5, 5.41) is 3.06. The Morgan fingerprint density at radius 2 is 2.23 bits per heavy atom. The molecule has 1 N–H and O–H groups in total. The molecule has 5 heteroatoms. The van der Waals surface area contributed by atoms with E-state index in [0.29, 0.717) is 19.8 Å². The van der Waals surface area contributed by atoms with Crippen molar-refractivity contribution in [3.63, 3.8) is 0 Å². The van der Waals surface area contributed by atoms with E-state index in [1.807, 2.05) is 0 Å². The Morgan fingerprint density at radius 3 is 2.92 bits per heavy atom. The summed E-state index contributed by atoms with van der Waals surface area (Å²) in [5.74, 6) is 0.738. The third-order valence-electron chi connectivity index (χ3n) is 1.70. The minimum atomic E-state index is -0.151. The summed E-state index contributed by atoms with van der Waals surface area (Å²) < 4.78 is 10.5. The third kappa shape index (κ3) is 2.37. The average Bonchev–Trinajstić information content (AvgIpc) is 2.69. The maximum Gasteiger partial charge on any atom is 0.174 e. The molecule has 0 aromatic carbocycles. The number of nitrogens with zero attached hydrogens (tertiary/aromatic N) is 2. The highest BCUT2D eigenvalue weighted by atomic mass is 16.7. The largest absolute Gasteiger partial charge is 0.364 e. The molecule has 1 fully saturated rings. The van der Waals surface area contributed by atoms with Gasteiger partial charge in [-0.15, -0.1) is 0 Å². The smallest absolute Gasteiger partial charge is 0.174 e. The lowest BCUT2D eigenvalue weighted by Gasteiger charge is -2.09. The van der Waals surface area contributed by atoms with Crippen molar-refractivity contribution < 1.29 is 9.47 Å². The van der Waals surface area contributed by atoms with Crippen molar-refractivity contribution in [1.29, 1.82) is 0 Å². The van der Waals surface area contributed by atoms with Crippen molar-refractivity contribution in [3.8, 4) is 0 Å². The average molecular weight is 181 g/mol. The van der Waals surface area contributed by atoms with Crippen LogP contribution in [-0.4, -0.2) is 36.0 Å². The summed E-state index contributed by atoms with van der Waals surface area (Å²) >= 11 is 0. The van der Waals surface area contributed by atoms with Crippen LogP contribution in [0.4, 0.5) is 5.82 Å². The van der Waals surface area contributed by atoms with Crippen LogP contribution in [0.3, 0.4) is 0 Å². The molecule has 1 aromatic rings. The zero-order valence-corrected chi connectivity index (χ0v) is 7.14. The van der Waals surface area contributed by atoms with Gasteiger partial charge >= 0.3 is 0 Å². The second-order valence-electron chi connectivity index (χ2n) is 2.64. The molecule has 70 valence electrons. The normalized spacial score (nSPS) is 17.5. The van der Waals surface area contributed by atoms with Gasteiger partial charge in [0.05, 0.1) is 26.0 Å². The van der Waals surface area contributed by atoms with E-state index >= 15 is 0 Å². The van der Waals surface area contributed by atoms with Gasteiger partial charge in [-0.2, -0.15) is 0 Å². The van der Waals surface area contributed by atoms with Gasteiger partial charge in [-0.3, -0.25) is 4.98 Å². The van der Waals surface area contributed by atoms with E-state index in [0.717, 1.165) is 5.82 Å². The summed E-state index contributed by atoms with van der Waals surface area (Å²) in [6, 6.07) is 0. The van der Waals surface area contributed by atoms with Gasteiger partial charge < -0.3 is 14.8 Å². The van der Waals surface area contributed by atoms with Crippen molar-refractivity contribution in [2.24, 2.45) is 0 Å². The number of hydrogen-bond acceptors (Lipinski definition) is 5. The van der Waals surface area contributed by atoms with Crippen LogP contribution in [0, 0.1) is 0 Å². The molecule has 2 heterocycles. The zero-order chi connectivity index (χ0) is 8.93. The minimum Gasteiger partial charge on any atom is -0.364 e. The molecule has 0 atom stereocenters. The standard InChI is InChI=1S/C8H11N3O2/c1-2-10-7(5-9-1)11-6-8-12-3-4-13-8/h1-2,5,8H,3-4,6H2,(H,10,11). The number of hydrogen-bond donors (Lipinski definition) is 1. The van der Waals surface area contributed by atoms with E-state index in [9.17, 15) is 0 Å².